The molecule has 114 valence electrons. The van der Waals surface area contributed by atoms with Crippen molar-refractivity contribution in [1.82, 2.24) is 5.32 Å². The Morgan fingerprint density at radius 1 is 1.14 bits per heavy atom. The average Bonchev–Trinajstić information content (AvgIpc) is 2.52. The number of amides is 1. The lowest BCUT2D eigenvalue weighted by Crippen LogP contribution is -2.52. The van der Waals surface area contributed by atoms with Crippen LogP contribution in [0.1, 0.15) is 43.5 Å². The third kappa shape index (κ3) is 4.70. The topological polar surface area (TPSA) is 72.5 Å². The smallest absolute Gasteiger partial charge is 0.331 e. The van der Waals surface area contributed by atoms with Gasteiger partial charge >= 0.3 is 5.97 Å². The molecule has 1 N–H and O–H groups in total. The van der Waals surface area contributed by atoms with Gasteiger partial charge in [0.1, 0.15) is 5.54 Å². The highest BCUT2D eigenvalue weighted by Gasteiger charge is 2.33. The molecule has 0 aromatic heterocycles. The van der Waals surface area contributed by atoms with Gasteiger partial charge in [-0.05, 0) is 13.3 Å². The van der Waals surface area contributed by atoms with Gasteiger partial charge in [-0.15, -0.1) is 0 Å². The molecule has 0 bridgehead atoms. The number of hydrogen-bond acceptors (Lipinski definition) is 4. The van der Waals surface area contributed by atoms with E-state index >= 15 is 0 Å². The molecular weight excluding hydrogens is 270 g/mol. The first-order valence-corrected chi connectivity index (χ1v) is 6.90. The standard InChI is InChI=1S/C16H21NO4/c1-4-16(2,15(20)21-3)17-14(19)11-10-13(18)12-8-6-5-7-9-12/h5-9H,4,10-11H2,1-3H3,(H,17,19). The summed E-state index contributed by atoms with van der Waals surface area (Å²) in [5.41, 5.74) is -0.474. The number of carbonyl (C=O) groups is 3. The Kier molecular flexibility index (Phi) is 6.09. The number of hydrogen-bond donors (Lipinski definition) is 1. The van der Waals surface area contributed by atoms with E-state index in [1.807, 2.05) is 6.07 Å². The quantitative estimate of drug-likeness (QED) is 0.617. The fourth-order valence-corrected chi connectivity index (χ4v) is 1.87. The van der Waals surface area contributed by atoms with E-state index in [9.17, 15) is 14.4 Å². The molecular formula is C16H21NO4. The molecule has 0 fully saturated rings. The van der Waals surface area contributed by atoms with Gasteiger partial charge in [0.05, 0.1) is 7.11 Å². The van der Waals surface area contributed by atoms with Crippen molar-refractivity contribution < 1.29 is 19.1 Å². The van der Waals surface area contributed by atoms with Crippen molar-refractivity contribution in [2.45, 2.75) is 38.6 Å². The van der Waals surface area contributed by atoms with Crippen LogP contribution in [-0.2, 0) is 14.3 Å². The van der Waals surface area contributed by atoms with Crippen molar-refractivity contribution in [2.75, 3.05) is 7.11 Å². The number of ketones is 1. The molecule has 0 aliphatic heterocycles. The molecule has 1 atom stereocenters. The van der Waals surface area contributed by atoms with E-state index < -0.39 is 11.5 Å². The monoisotopic (exact) mass is 291 g/mol. The maximum absolute atomic E-state index is 11.9. The summed E-state index contributed by atoms with van der Waals surface area (Å²) in [5, 5.41) is 2.63. The first kappa shape index (κ1) is 16.9. The summed E-state index contributed by atoms with van der Waals surface area (Å²) in [6.45, 7) is 3.39. The Morgan fingerprint density at radius 3 is 2.29 bits per heavy atom. The van der Waals surface area contributed by atoms with Crippen molar-refractivity contribution in [3.8, 4) is 0 Å². The zero-order valence-corrected chi connectivity index (χ0v) is 12.6. The average molecular weight is 291 g/mol. The molecule has 5 heteroatoms. The molecule has 0 aliphatic carbocycles. The van der Waals surface area contributed by atoms with Crippen LogP contribution in [0, 0.1) is 0 Å². The SMILES string of the molecule is CCC(C)(NC(=O)CCC(=O)c1ccccc1)C(=O)OC. The summed E-state index contributed by atoms with van der Waals surface area (Å²) >= 11 is 0. The van der Waals surface area contributed by atoms with Crippen LogP contribution in [0.15, 0.2) is 30.3 Å². The largest absolute Gasteiger partial charge is 0.467 e. The molecule has 5 nitrogen and oxygen atoms in total. The van der Waals surface area contributed by atoms with Crippen molar-refractivity contribution in [2.24, 2.45) is 0 Å². The molecule has 0 aliphatic rings. The van der Waals surface area contributed by atoms with Crippen molar-refractivity contribution in [3.63, 3.8) is 0 Å². The number of benzene rings is 1. The number of methoxy groups -OCH3 is 1. The van der Waals surface area contributed by atoms with E-state index in [4.69, 9.17) is 0 Å². The Labute approximate surface area is 124 Å². The molecule has 1 amide bonds. The van der Waals surface area contributed by atoms with Gasteiger partial charge in [-0.25, -0.2) is 4.79 Å². The lowest BCUT2D eigenvalue weighted by atomic mass is 9.98. The summed E-state index contributed by atoms with van der Waals surface area (Å²) in [7, 11) is 1.28. The highest BCUT2D eigenvalue weighted by molar-refractivity contribution is 5.98. The van der Waals surface area contributed by atoms with E-state index in [1.165, 1.54) is 7.11 Å². The van der Waals surface area contributed by atoms with Crippen LogP contribution in [0.5, 0.6) is 0 Å². The molecule has 21 heavy (non-hydrogen) atoms. The lowest BCUT2D eigenvalue weighted by Gasteiger charge is -2.26. The second kappa shape index (κ2) is 7.57. The predicted octanol–water partition coefficient (Wildman–Crippen LogP) is 2.11. The normalized spacial score (nSPS) is 13.1. The molecule has 1 aromatic rings. The zero-order valence-electron chi connectivity index (χ0n) is 12.6. The minimum Gasteiger partial charge on any atom is -0.467 e. The van der Waals surface area contributed by atoms with Crippen LogP contribution >= 0.6 is 0 Å². The highest BCUT2D eigenvalue weighted by Crippen LogP contribution is 2.12. The Balaban J connectivity index is 2.54. The van der Waals surface area contributed by atoms with Gasteiger partial charge in [-0.2, -0.15) is 0 Å². The fourth-order valence-electron chi connectivity index (χ4n) is 1.87. The first-order valence-electron chi connectivity index (χ1n) is 6.90. The molecule has 0 spiro atoms. The molecule has 1 unspecified atom stereocenters. The number of rotatable bonds is 7. The summed E-state index contributed by atoms with van der Waals surface area (Å²) < 4.78 is 4.68. The number of ether oxygens (including phenoxy) is 1. The Hall–Kier alpha value is -2.17. The second-order valence-corrected chi connectivity index (χ2v) is 5.01. The first-order chi connectivity index (χ1) is 9.92. The van der Waals surface area contributed by atoms with Gasteiger partial charge in [-0.3, -0.25) is 9.59 Å². The van der Waals surface area contributed by atoms with Crippen LogP contribution in [0.2, 0.25) is 0 Å². The van der Waals surface area contributed by atoms with Crippen LogP contribution in [0.3, 0.4) is 0 Å². The van der Waals surface area contributed by atoms with Gasteiger partial charge in [0.25, 0.3) is 0 Å². The van der Waals surface area contributed by atoms with Gasteiger partial charge in [0.2, 0.25) is 5.91 Å². The summed E-state index contributed by atoms with van der Waals surface area (Å²) in [5.74, 6) is -0.927. The van der Waals surface area contributed by atoms with E-state index in [-0.39, 0.29) is 24.5 Å². The predicted molar refractivity (Wildman–Crippen MR) is 78.9 cm³/mol. The van der Waals surface area contributed by atoms with Gasteiger partial charge < -0.3 is 10.1 Å². The molecule has 0 radical (unpaired) electrons. The minimum atomic E-state index is -1.05. The Morgan fingerprint density at radius 2 is 1.76 bits per heavy atom. The number of esters is 1. The van der Waals surface area contributed by atoms with Crippen LogP contribution < -0.4 is 5.32 Å². The molecule has 0 saturated heterocycles. The summed E-state index contributed by atoms with van der Waals surface area (Å²) in [4.78, 5) is 35.5. The maximum atomic E-state index is 11.9. The van der Waals surface area contributed by atoms with Crippen molar-refractivity contribution in [1.29, 1.82) is 0 Å². The number of nitrogens with one attached hydrogen (secondary N) is 1. The fraction of sp³-hybridized carbons (Fsp3) is 0.438. The Bertz CT molecular complexity index is 512. The second-order valence-electron chi connectivity index (χ2n) is 5.01. The summed E-state index contributed by atoms with van der Waals surface area (Å²) in [6, 6.07) is 8.81. The van der Waals surface area contributed by atoms with Crippen LogP contribution in [-0.4, -0.2) is 30.3 Å². The lowest BCUT2D eigenvalue weighted by molar-refractivity contribution is -0.150. The van der Waals surface area contributed by atoms with E-state index in [0.717, 1.165) is 0 Å². The molecule has 0 heterocycles. The van der Waals surface area contributed by atoms with E-state index in [0.29, 0.717) is 12.0 Å². The minimum absolute atomic E-state index is 0.0420. The van der Waals surface area contributed by atoms with Crippen LogP contribution in [0.4, 0.5) is 0 Å². The highest BCUT2D eigenvalue weighted by atomic mass is 16.5. The van der Waals surface area contributed by atoms with Crippen molar-refractivity contribution in [3.05, 3.63) is 35.9 Å². The molecule has 1 aromatic carbocycles. The molecule has 1 rings (SSSR count). The third-order valence-corrected chi connectivity index (χ3v) is 3.43. The van der Waals surface area contributed by atoms with Crippen LogP contribution in [0.25, 0.3) is 0 Å². The van der Waals surface area contributed by atoms with Gasteiger partial charge in [0.15, 0.2) is 5.78 Å². The molecule has 0 saturated carbocycles. The third-order valence-electron chi connectivity index (χ3n) is 3.43. The number of Topliss-reactive ketones (excluding diaryl/α,β-unsaturated/α-hetero) is 1. The number of carbonyl (C=O) groups excluding carboxylic acids is 3. The van der Waals surface area contributed by atoms with Gasteiger partial charge in [-0.1, -0.05) is 37.3 Å². The zero-order chi connectivity index (χ0) is 15.9. The van der Waals surface area contributed by atoms with E-state index in [1.54, 1.807) is 38.1 Å². The van der Waals surface area contributed by atoms with Crippen molar-refractivity contribution >= 4 is 17.7 Å². The van der Waals surface area contributed by atoms with Gasteiger partial charge in [0, 0.05) is 18.4 Å². The summed E-state index contributed by atoms with van der Waals surface area (Å²) in [6.07, 6.45) is 0.565. The van der Waals surface area contributed by atoms with E-state index in [2.05, 4.69) is 10.1 Å². The maximum Gasteiger partial charge on any atom is 0.331 e.